The molecule has 1 N–H and O–H groups in total. The number of rotatable bonds is 5. The molecule has 0 aliphatic carbocycles. The minimum atomic E-state index is -0.555. The fourth-order valence-electron chi connectivity index (χ4n) is 3.65. The number of aryl methyl sites for hydroxylation is 1. The first kappa shape index (κ1) is 21.7. The number of carbonyl (C=O) groups excluding carboxylic acids is 1. The Morgan fingerprint density at radius 2 is 1.88 bits per heavy atom. The van der Waals surface area contributed by atoms with Gasteiger partial charge in [0, 0.05) is 17.6 Å². The number of hydrogen-bond acceptors (Lipinski definition) is 6. The second kappa shape index (κ2) is 8.68. The third-order valence-corrected chi connectivity index (χ3v) is 5.73. The number of aromatic nitrogens is 4. The summed E-state index contributed by atoms with van der Waals surface area (Å²) in [5.74, 6) is 0.750. The summed E-state index contributed by atoms with van der Waals surface area (Å²) in [6.07, 6.45) is 3.16. The SMILES string of the molecule is C[C@H](NC(=O)c1cc(-c2ccc(Cl)cc2)nn(-c2cnn(C)c2)c1=O)c1ccc2c(c1)OCO2. The topological polar surface area (TPSA) is 100 Å². The number of ether oxygens (including phenoxy) is 2. The van der Waals surface area contributed by atoms with Crippen molar-refractivity contribution in [3.05, 3.63) is 87.4 Å². The summed E-state index contributed by atoms with van der Waals surface area (Å²) in [7, 11) is 1.73. The van der Waals surface area contributed by atoms with E-state index in [1.165, 1.54) is 16.9 Å². The van der Waals surface area contributed by atoms with E-state index in [1.54, 1.807) is 48.3 Å². The van der Waals surface area contributed by atoms with Gasteiger partial charge in [0.05, 0.1) is 24.1 Å². The molecule has 4 aromatic rings. The van der Waals surface area contributed by atoms with Crippen molar-refractivity contribution in [3.63, 3.8) is 0 Å². The van der Waals surface area contributed by atoms with Gasteiger partial charge in [-0.25, -0.2) is 0 Å². The van der Waals surface area contributed by atoms with Crippen LogP contribution < -0.4 is 20.3 Å². The number of nitrogens with zero attached hydrogens (tertiary/aromatic N) is 4. The maximum atomic E-state index is 13.3. The minimum absolute atomic E-state index is 0.0450. The highest BCUT2D eigenvalue weighted by molar-refractivity contribution is 6.30. The van der Waals surface area contributed by atoms with Gasteiger partial charge in [-0.05, 0) is 42.8 Å². The lowest BCUT2D eigenvalue weighted by Gasteiger charge is -2.16. The summed E-state index contributed by atoms with van der Waals surface area (Å²) < 4.78 is 13.5. The fraction of sp³-hybridized carbons (Fsp3) is 0.167. The van der Waals surface area contributed by atoms with Crippen molar-refractivity contribution in [2.45, 2.75) is 13.0 Å². The highest BCUT2D eigenvalue weighted by atomic mass is 35.5. The van der Waals surface area contributed by atoms with Crippen LogP contribution >= 0.6 is 11.6 Å². The van der Waals surface area contributed by atoms with Crippen LogP contribution in [0.3, 0.4) is 0 Å². The Bertz CT molecular complexity index is 1440. The molecule has 172 valence electrons. The summed E-state index contributed by atoms with van der Waals surface area (Å²) in [6.45, 7) is 1.99. The number of halogens is 1. The van der Waals surface area contributed by atoms with Crippen molar-refractivity contribution in [2.75, 3.05) is 6.79 Å². The Hall–Kier alpha value is -4.11. The molecule has 0 unspecified atom stereocenters. The van der Waals surface area contributed by atoms with Gasteiger partial charge < -0.3 is 14.8 Å². The zero-order valence-electron chi connectivity index (χ0n) is 18.4. The van der Waals surface area contributed by atoms with Crippen LogP contribution in [0, 0.1) is 0 Å². The first-order valence-corrected chi connectivity index (χ1v) is 10.9. The van der Waals surface area contributed by atoms with Gasteiger partial charge in [-0.1, -0.05) is 29.8 Å². The monoisotopic (exact) mass is 477 g/mol. The minimum Gasteiger partial charge on any atom is -0.454 e. The summed E-state index contributed by atoms with van der Waals surface area (Å²) in [5, 5.41) is 12.1. The molecule has 0 saturated heterocycles. The summed E-state index contributed by atoms with van der Waals surface area (Å²) >= 11 is 6.02. The van der Waals surface area contributed by atoms with Gasteiger partial charge >= 0.3 is 0 Å². The van der Waals surface area contributed by atoms with Crippen LogP contribution in [0.4, 0.5) is 0 Å². The van der Waals surface area contributed by atoms with Crippen LogP contribution in [0.1, 0.15) is 28.9 Å². The Kier molecular flexibility index (Phi) is 5.54. The van der Waals surface area contributed by atoms with Crippen LogP contribution in [-0.2, 0) is 7.05 Å². The molecule has 2 aromatic heterocycles. The van der Waals surface area contributed by atoms with Crippen LogP contribution in [0.25, 0.3) is 16.9 Å². The molecule has 9 nitrogen and oxygen atoms in total. The first-order valence-electron chi connectivity index (χ1n) is 10.5. The van der Waals surface area contributed by atoms with E-state index in [9.17, 15) is 9.59 Å². The van der Waals surface area contributed by atoms with E-state index in [1.807, 2.05) is 19.1 Å². The summed E-state index contributed by atoms with van der Waals surface area (Å²) in [6, 6.07) is 13.5. The van der Waals surface area contributed by atoms with Crippen LogP contribution in [0.15, 0.2) is 65.7 Å². The van der Waals surface area contributed by atoms with Crippen LogP contribution in [0.5, 0.6) is 11.5 Å². The Balaban J connectivity index is 1.52. The number of benzene rings is 2. The molecule has 0 fully saturated rings. The fourth-order valence-corrected chi connectivity index (χ4v) is 3.78. The standard InChI is InChI=1S/C24H20ClN5O4/c1-14(16-5-8-21-22(9-16)34-13-33-21)27-23(31)19-10-20(15-3-6-17(25)7-4-15)28-30(24(19)32)18-11-26-29(2)12-18/h3-12,14H,13H2,1-2H3,(H,27,31)/t14-/m0/s1. The molecule has 1 aliphatic heterocycles. The molecule has 3 heterocycles. The predicted octanol–water partition coefficient (Wildman–Crippen LogP) is 3.51. The molecule has 1 atom stereocenters. The number of nitrogens with one attached hydrogen (secondary N) is 1. The van der Waals surface area contributed by atoms with E-state index in [0.717, 1.165) is 5.56 Å². The predicted molar refractivity (Wildman–Crippen MR) is 125 cm³/mol. The van der Waals surface area contributed by atoms with Crippen molar-refractivity contribution in [1.82, 2.24) is 24.9 Å². The van der Waals surface area contributed by atoms with Gasteiger partial charge in [0.1, 0.15) is 11.3 Å². The summed E-state index contributed by atoms with van der Waals surface area (Å²) in [5.41, 5.74) is 1.82. The maximum Gasteiger partial charge on any atom is 0.284 e. The summed E-state index contributed by atoms with van der Waals surface area (Å²) in [4.78, 5) is 26.5. The normalized spacial score (nSPS) is 13.0. The van der Waals surface area contributed by atoms with E-state index in [-0.39, 0.29) is 18.4 Å². The first-order chi connectivity index (χ1) is 16.4. The quantitative estimate of drug-likeness (QED) is 0.472. The van der Waals surface area contributed by atoms with Crippen molar-refractivity contribution >= 4 is 17.5 Å². The molecule has 2 aromatic carbocycles. The van der Waals surface area contributed by atoms with Crippen molar-refractivity contribution < 1.29 is 14.3 Å². The molecular weight excluding hydrogens is 458 g/mol. The van der Waals surface area contributed by atoms with Gasteiger partial charge in [-0.2, -0.15) is 14.9 Å². The molecule has 0 saturated carbocycles. The van der Waals surface area contributed by atoms with Gasteiger partial charge in [-0.15, -0.1) is 0 Å². The second-order valence-electron chi connectivity index (χ2n) is 7.85. The van der Waals surface area contributed by atoms with Crippen molar-refractivity contribution in [1.29, 1.82) is 0 Å². The molecule has 1 amide bonds. The largest absolute Gasteiger partial charge is 0.454 e. The number of amides is 1. The second-order valence-corrected chi connectivity index (χ2v) is 8.28. The molecule has 5 rings (SSSR count). The van der Waals surface area contributed by atoms with E-state index in [0.29, 0.717) is 33.5 Å². The zero-order valence-corrected chi connectivity index (χ0v) is 19.1. The number of fused-ring (bicyclic) bond motifs is 1. The average molecular weight is 478 g/mol. The highest BCUT2D eigenvalue weighted by Gasteiger charge is 2.21. The third-order valence-electron chi connectivity index (χ3n) is 5.48. The maximum absolute atomic E-state index is 13.3. The zero-order chi connectivity index (χ0) is 23.8. The Morgan fingerprint density at radius 1 is 1.12 bits per heavy atom. The Labute approximate surface area is 199 Å². The van der Waals surface area contributed by atoms with E-state index < -0.39 is 11.5 Å². The molecule has 1 aliphatic rings. The lowest BCUT2D eigenvalue weighted by Crippen LogP contribution is -2.35. The van der Waals surface area contributed by atoms with E-state index in [2.05, 4.69) is 15.5 Å². The lowest BCUT2D eigenvalue weighted by molar-refractivity contribution is 0.0937. The van der Waals surface area contributed by atoms with Crippen molar-refractivity contribution in [2.24, 2.45) is 7.05 Å². The lowest BCUT2D eigenvalue weighted by atomic mass is 10.1. The molecule has 0 bridgehead atoms. The highest BCUT2D eigenvalue weighted by Crippen LogP contribution is 2.34. The van der Waals surface area contributed by atoms with Crippen LogP contribution in [-0.4, -0.2) is 32.3 Å². The third kappa shape index (κ3) is 4.13. The van der Waals surface area contributed by atoms with E-state index in [4.69, 9.17) is 21.1 Å². The molecule has 0 radical (unpaired) electrons. The number of hydrogen-bond donors (Lipinski definition) is 1. The molecular formula is C24H20ClN5O4. The molecule has 0 spiro atoms. The van der Waals surface area contributed by atoms with Gasteiger partial charge in [-0.3, -0.25) is 14.3 Å². The van der Waals surface area contributed by atoms with Crippen molar-refractivity contribution in [3.8, 4) is 28.4 Å². The number of carbonyl (C=O) groups is 1. The van der Waals surface area contributed by atoms with Gasteiger partial charge in [0.15, 0.2) is 11.5 Å². The Morgan fingerprint density at radius 3 is 2.62 bits per heavy atom. The smallest absolute Gasteiger partial charge is 0.284 e. The molecule has 34 heavy (non-hydrogen) atoms. The molecule has 10 heteroatoms. The van der Waals surface area contributed by atoms with Crippen LogP contribution in [0.2, 0.25) is 5.02 Å². The van der Waals surface area contributed by atoms with E-state index >= 15 is 0 Å². The van der Waals surface area contributed by atoms with Gasteiger partial charge in [0.2, 0.25) is 6.79 Å². The average Bonchev–Trinajstić information content (AvgIpc) is 3.48. The van der Waals surface area contributed by atoms with Gasteiger partial charge in [0.25, 0.3) is 11.5 Å².